The third-order valence-electron chi connectivity index (χ3n) is 2.34. The van der Waals surface area contributed by atoms with Gasteiger partial charge in [-0.1, -0.05) is 6.92 Å². The van der Waals surface area contributed by atoms with Gasteiger partial charge in [-0.15, -0.1) is 0 Å². The van der Waals surface area contributed by atoms with Crippen molar-refractivity contribution in [1.29, 1.82) is 0 Å². The van der Waals surface area contributed by atoms with Gasteiger partial charge in [-0.05, 0) is 13.3 Å². The number of halogens is 3. The minimum Gasteiger partial charge on any atom is -0.370 e. The lowest BCUT2D eigenvalue weighted by Gasteiger charge is -2.14. The van der Waals surface area contributed by atoms with Crippen LogP contribution in [0.3, 0.4) is 0 Å². The number of hydrogen-bond acceptors (Lipinski definition) is 4. The van der Waals surface area contributed by atoms with Crippen molar-refractivity contribution in [2.24, 2.45) is 0 Å². The van der Waals surface area contributed by atoms with Gasteiger partial charge in [0.1, 0.15) is 18.0 Å². The number of nitrogens with one attached hydrogen (secondary N) is 2. The smallest absolute Gasteiger partial charge is 0.370 e. The van der Waals surface area contributed by atoms with Crippen LogP contribution < -0.4 is 10.6 Å². The molecule has 0 aliphatic heterocycles. The lowest BCUT2D eigenvalue weighted by molar-refractivity contribution is -0.131. The predicted molar refractivity (Wildman–Crippen MR) is 64.7 cm³/mol. The van der Waals surface area contributed by atoms with Crippen LogP contribution in [0.25, 0.3) is 0 Å². The highest BCUT2D eigenvalue weighted by Crippen LogP contribution is 2.22. The fraction of sp³-hybridized carbons (Fsp3) is 0.636. The van der Waals surface area contributed by atoms with Gasteiger partial charge in [0.05, 0.1) is 6.42 Å². The highest BCUT2D eigenvalue weighted by atomic mass is 19.4. The Kier molecular flexibility index (Phi) is 5.18. The van der Waals surface area contributed by atoms with Gasteiger partial charge in [0.15, 0.2) is 0 Å². The van der Waals surface area contributed by atoms with Gasteiger partial charge in [-0.3, -0.25) is 0 Å². The zero-order chi connectivity index (χ0) is 13.6. The molecule has 0 fully saturated rings. The summed E-state index contributed by atoms with van der Waals surface area (Å²) in [5, 5.41) is 5.77. The van der Waals surface area contributed by atoms with Crippen LogP contribution in [0.5, 0.6) is 0 Å². The molecule has 0 atom stereocenters. The zero-order valence-electron chi connectivity index (χ0n) is 10.4. The predicted octanol–water partition coefficient (Wildman–Crippen LogP) is 2.84. The van der Waals surface area contributed by atoms with Crippen LogP contribution in [-0.2, 0) is 6.42 Å². The first-order valence-electron chi connectivity index (χ1n) is 5.86. The molecule has 0 aliphatic rings. The van der Waals surface area contributed by atoms with Crippen molar-refractivity contribution in [3.8, 4) is 0 Å². The molecule has 0 spiro atoms. The second kappa shape index (κ2) is 6.42. The first-order chi connectivity index (χ1) is 8.48. The van der Waals surface area contributed by atoms with Crippen LogP contribution in [0, 0.1) is 0 Å². The van der Waals surface area contributed by atoms with E-state index in [4.69, 9.17) is 0 Å². The maximum Gasteiger partial charge on any atom is 0.390 e. The topological polar surface area (TPSA) is 49.8 Å². The maximum absolute atomic E-state index is 12.1. The Morgan fingerprint density at radius 3 is 2.22 bits per heavy atom. The van der Waals surface area contributed by atoms with Crippen LogP contribution in [0.1, 0.15) is 25.8 Å². The van der Waals surface area contributed by atoms with Crippen LogP contribution in [0.2, 0.25) is 0 Å². The van der Waals surface area contributed by atoms with E-state index in [-0.39, 0.29) is 6.54 Å². The van der Waals surface area contributed by atoms with E-state index in [2.05, 4.69) is 20.6 Å². The highest BCUT2D eigenvalue weighted by Gasteiger charge is 2.26. The Balaban J connectivity index is 2.72. The number of aromatic nitrogens is 2. The fourth-order valence-electron chi connectivity index (χ4n) is 1.54. The molecule has 1 aromatic heterocycles. The zero-order valence-corrected chi connectivity index (χ0v) is 10.4. The lowest BCUT2D eigenvalue weighted by atomic mass is 10.2. The summed E-state index contributed by atoms with van der Waals surface area (Å²) in [6, 6.07) is 0. The third-order valence-corrected chi connectivity index (χ3v) is 2.34. The van der Waals surface area contributed by atoms with Gasteiger partial charge in [0.2, 0.25) is 0 Å². The summed E-state index contributed by atoms with van der Waals surface area (Å²) in [6.45, 7) is 4.36. The molecular weight excluding hydrogens is 245 g/mol. The summed E-state index contributed by atoms with van der Waals surface area (Å²) >= 11 is 0. The average molecular weight is 262 g/mol. The van der Waals surface area contributed by atoms with Crippen molar-refractivity contribution in [2.75, 3.05) is 23.7 Å². The number of alkyl halides is 3. The van der Waals surface area contributed by atoms with Gasteiger partial charge >= 0.3 is 6.18 Å². The molecule has 0 radical (unpaired) electrons. The molecule has 0 saturated heterocycles. The van der Waals surface area contributed by atoms with Crippen LogP contribution in [0.4, 0.5) is 24.8 Å². The molecule has 1 heterocycles. The maximum atomic E-state index is 12.1. The molecule has 18 heavy (non-hydrogen) atoms. The molecule has 0 aromatic carbocycles. The first-order valence-corrected chi connectivity index (χ1v) is 5.86. The second-order valence-electron chi connectivity index (χ2n) is 3.73. The number of rotatable bonds is 6. The van der Waals surface area contributed by atoms with E-state index < -0.39 is 12.6 Å². The Labute approximate surface area is 104 Å². The molecule has 0 amide bonds. The SMILES string of the molecule is CCNc1ncnc(NCCC(F)(F)F)c1CC. The van der Waals surface area contributed by atoms with Gasteiger partial charge < -0.3 is 10.6 Å². The standard InChI is InChI=1S/C11H17F3N4/c1-3-8-9(15-4-2)17-7-18-10(8)16-6-5-11(12,13)14/h7H,3-6H2,1-2H3,(H2,15,16,17,18). The summed E-state index contributed by atoms with van der Waals surface area (Å²) in [4.78, 5) is 8.05. The quantitative estimate of drug-likeness (QED) is 0.827. The van der Waals surface area contributed by atoms with E-state index in [0.29, 0.717) is 24.6 Å². The van der Waals surface area contributed by atoms with E-state index in [1.807, 2.05) is 13.8 Å². The van der Waals surface area contributed by atoms with Crippen LogP contribution in [0.15, 0.2) is 6.33 Å². The van der Waals surface area contributed by atoms with Gasteiger partial charge in [-0.2, -0.15) is 13.2 Å². The van der Waals surface area contributed by atoms with Gasteiger partial charge in [0, 0.05) is 18.7 Å². The summed E-state index contributed by atoms with van der Waals surface area (Å²) in [5.41, 5.74) is 0.807. The third kappa shape index (κ3) is 4.38. The summed E-state index contributed by atoms with van der Waals surface area (Å²) < 4.78 is 36.2. The molecule has 0 bridgehead atoms. The second-order valence-corrected chi connectivity index (χ2v) is 3.73. The van der Waals surface area contributed by atoms with E-state index >= 15 is 0 Å². The summed E-state index contributed by atoms with van der Waals surface area (Å²) in [5.74, 6) is 1.14. The minimum absolute atomic E-state index is 0.181. The van der Waals surface area contributed by atoms with Crippen LogP contribution in [-0.4, -0.2) is 29.2 Å². The normalized spacial score (nSPS) is 11.4. The Morgan fingerprint density at radius 1 is 1.11 bits per heavy atom. The number of anilines is 2. The van der Waals surface area contributed by atoms with E-state index in [0.717, 1.165) is 5.56 Å². The average Bonchev–Trinajstić information content (AvgIpc) is 2.28. The molecule has 1 rings (SSSR count). The molecule has 1 aromatic rings. The summed E-state index contributed by atoms with van der Waals surface area (Å²) in [7, 11) is 0. The van der Waals surface area contributed by atoms with E-state index in [1.165, 1.54) is 6.33 Å². The number of nitrogens with zero attached hydrogens (tertiary/aromatic N) is 2. The number of hydrogen-bond donors (Lipinski definition) is 2. The molecule has 7 heteroatoms. The van der Waals surface area contributed by atoms with Crippen molar-refractivity contribution >= 4 is 11.6 Å². The molecule has 0 aliphatic carbocycles. The van der Waals surface area contributed by atoms with Crippen LogP contribution >= 0.6 is 0 Å². The monoisotopic (exact) mass is 262 g/mol. The Hall–Kier alpha value is -1.53. The Morgan fingerprint density at radius 2 is 1.72 bits per heavy atom. The molecular formula is C11H17F3N4. The molecule has 4 nitrogen and oxygen atoms in total. The fourth-order valence-corrected chi connectivity index (χ4v) is 1.54. The highest BCUT2D eigenvalue weighted by molar-refractivity contribution is 5.57. The van der Waals surface area contributed by atoms with Crippen molar-refractivity contribution in [3.63, 3.8) is 0 Å². The van der Waals surface area contributed by atoms with Gasteiger partial charge in [-0.25, -0.2) is 9.97 Å². The Bertz CT molecular complexity index is 379. The molecule has 0 saturated carbocycles. The minimum atomic E-state index is -4.16. The van der Waals surface area contributed by atoms with Crippen molar-refractivity contribution in [1.82, 2.24) is 9.97 Å². The van der Waals surface area contributed by atoms with Gasteiger partial charge in [0.25, 0.3) is 0 Å². The van der Waals surface area contributed by atoms with E-state index in [1.54, 1.807) is 0 Å². The van der Waals surface area contributed by atoms with E-state index in [9.17, 15) is 13.2 Å². The molecule has 102 valence electrons. The lowest BCUT2D eigenvalue weighted by Crippen LogP contribution is -2.16. The first kappa shape index (κ1) is 14.5. The van der Waals surface area contributed by atoms with Crippen molar-refractivity contribution in [2.45, 2.75) is 32.9 Å². The van der Waals surface area contributed by atoms with Crippen molar-refractivity contribution in [3.05, 3.63) is 11.9 Å². The largest absolute Gasteiger partial charge is 0.390 e. The molecule has 2 N–H and O–H groups in total. The van der Waals surface area contributed by atoms with Crippen molar-refractivity contribution < 1.29 is 13.2 Å². The molecule has 0 unspecified atom stereocenters. The summed E-state index contributed by atoms with van der Waals surface area (Å²) in [6.07, 6.45) is -3.04.